The second-order valence-electron chi connectivity index (χ2n) is 8.73. The van der Waals surface area contributed by atoms with E-state index in [1.54, 1.807) is 47.8 Å². The molecule has 9 heteroatoms. The van der Waals surface area contributed by atoms with Crippen molar-refractivity contribution in [1.82, 2.24) is 25.5 Å². The van der Waals surface area contributed by atoms with Crippen LogP contribution in [-0.4, -0.2) is 40.2 Å². The third-order valence-electron chi connectivity index (χ3n) is 6.17. The predicted molar refractivity (Wildman–Crippen MR) is 127 cm³/mol. The maximum absolute atomic E-state index is 13.2. The van der Waals surface area contributed by atoms with E-state index in [0.717, 1.165) is 30.4 Å². The Morgan fingerprint density at radius 1 is 1.12 bits per heavy atom. The number of halogens is 3. The van der Waals surface area contributed by atoms with Crippen LogP contribution in [0, 0.1) is 18.6 Å². The Labute approximate surface area is 202 Å². The van der Waals surface area contributed by atoms with Crippen molar-refractivity contribution in [1.29, 1.82) is 0 Å². The summed E-state index contributed by atoms with van der Waals surface area (Å²) >= 11 is 6.51. The molecule has 1 amide bonds. The second kappa shape index (κ2) is 10.6. The number of aryl methyl sites for hydroxylation is 1. The third kappa shape index (κ3) is 5.63. The van der Waals surface area contributed by atoms with Crippen LogP contribution in [0.1, 0.15) is 52.5 Å². The molecule has 2 N–H and O–H groups in total. The summed E-state index contributed by atoms with van der Waals surface area (Å²) in [7, 11) is 1.76. The number of benzene rings is 2. The quantitative estimate of drug-likeness (QED) is 0.486. The SMILES string of the molecule is Cc1nn(Cc2ccc(F)cc2)c(Cl)c1C(=O)N(C)CCCC1CC(c2ccc(F)cc2)NN1. The first-order valence-electron chi connectivity index (χ1n) is 11.3. The maximum atomic E-state index is 13.2. The number of carbonyl (C=O) groups is 1. The fourth-order valence-corrected chi connectivity index (χ4v) is 4.57. The topological polar surface area (TPSA) is 62.2 Å². The number of amides is 1. The fraction of sp³-hybridized carbons (Fsp3) is 0.360. The summed E-state index contributed by atoms with van der Waals surface area (Å²) in [6.07, 6.45) is 2.60. The first-order valence-corrected chi connectivity index (χ1v) is 11.7. The van der Waals surface area contributed by atoms with Gasteiger partial charge in [0.2, 0.25) is 0 Å². The van der Waals surface area contributed by atoms with E-state index in [1.165, 1.54) is 24.3 Å². The first-order chi connectivity index (χ1) is 16.3. The molecule has 2 atom stereocenters. The normalized spacial score (nSPS) is 17.8. The van der Waals surface area contributed by atoms with Gasteiger partial charge < -0.3 is 4.90 Å². The van der Waals surface area contributed by atoms with Crippen LogP contribution in [0.4, 0.5) is 8.78 Å². The molecule has 34 heavy (non-hydrogen) atoms. The van der Waals surface area contributed by atoms with Crippen molar-refractivity contribution in [3.05, 3.63) is 87.7 Å². The van der Waals surface area contributed by atoms with Crippen molar-refractivity contribution in [2.75, 3.05) is 13.6 Å². The number of aromatic nitrogens is 2. The summed E-state index contributed by atoms with van der Waals surface area (Å²) in [5.41, 5.74) is 9.41. The van der Waals surface area contributed by atoms with Crippen molar-refractivity contribution >= 4 is 17.5 Å². The van der Waals surface area contributed by atoms with Crippen LogP contribution in [0.2, 0.25) is 5.15 Å². The number of rotatable bonds is 8. The second-order valence-corrected chi connectivity index (χ2v) is 9.09. The van der Waals surface area contributed by atoms with Crippen LogP contribution >= 0.6 is 11.6 Å². The Morgan fingerprint density at radius 3 is 2.44 bits per heavy atom. The standard InChI is InChI=1S/C25H28ClF2N5O/c1-16-23(24(26)33(31-16)15-17-5-9-19(27)10-6-17)25(34)32(2)13-3-4-21-14-22(30-29-21)18-7-11-20(28)12-8-18/h5-12,21-22,29-30H,3-4,13-15H2,1-2H3. The van der Waals surface area contributed by atoms with Gasteiger partial charge in [-0.1, -0.05) is 35.9 Å². The zero-order chi connectivity index (χ0) is 24.2. The average molecular weight is 488 g/mol. The minimum Gasteiger partial charge on any atom is -0.342 e. The smallest absolute Gasteiger partial charge is 0.258 e. The van der Waals surface area contributed by atoms with Crippen molar-refractivity contribution in [2.24, 2.45) is 0 Å². The van der Waals surface area contributed by atoms with E-state index >= 15 is 0 Å². The molecule has 2 unspecified atom stereocenters. The Kier molecular flexibility index (Phi) is 7.60. The number of hydrazine groups is 1. The van der Waals surface area contributed by atoms with Gasteiger partial charge in [0, 0.05) is 25.7 Å². The minimum atomic E-state index is -0.307. The van der Waals surface area contributed by atoms with E-state index < -0.39 is 0 Å². The molecule has 2 heterocycles. The van der Waals surface area contributed by atoms with E-state index in [0.29, 0.717) is 24.3 Å². The lowest BCUT2D eigenvalue weighted by Crippen LogP contribution is -2.32. The monoisotopic (exact) mass is 487 g/mol. The van der Waals surface area contributed by atoms with Crippen LogP contribution in [0.3, 0.4) is 0 Å². The van der Waals surface area contributed by atoms with Gasteiger partial charge in [0.1, 0.15) is 16.8 Å². The van der Waals surface area contributed by atoms with Gasteiger partial charge in [-0.3, -0.25) is 15.6 Å². The highest BCUT2D eigenvalue weighted by Gasteiger charge is 2.26. The molecule has 2 aromatic carbocycles. The van der Waals surface area contributed by atoms with Gasteiger partial charge >= 0.3 is 0 Å². The summed E-state index contributed by atoms with van der Waals surface area (Å²) < 4.78 is 27.9. The van der Waals surface area contributed by atoms with Crippen LogP contribution in [-0.2, 0) is 6.54 Å². The molecule has 0 aliphatic carbocycles. The van der Waals surface area contributed by atoms with Gasteiger partial charge in [0.05, 0.1) is 17.8 Å². The molecule has 1 saturated heterocycles. The van der Waals surface area contributed by atoms with E-state index in [4.69, 9.17) is 11.6 Å². The van der Waals surface area contributed by atoms with Crippen molar-refractivity contribution < 1.29 is 13.6 Å². The molecule has 3 aromatic rings. The number of nitrogens with zero attached hydrogens (tertiary/aromatic N) is 3. The zero-order valence-corrected chi connectivity index (χ0v) is 19.9. The van der Waals surface area contributed by atoms with Gasteiger partial charge in [-0.2, -0.15) is 5.10 Å². The van der Waals surface area contributed by atoms with E-state index in [1.807, 2.05) is 0 Å². The minimum absolute atomic E-state index is 0.137. The molecule has 1 aromatic heterocycles. The Bertz CT molecular complexity index is 1130. The average Bonchev–Trinajstić information content (AvgIpc) is 3.39. The predicted octanol–water partition coefficient (Wildman–Crippen LogP) is 4.63. The zero-order valence-electron chi connectivity index (χ0n) is 19.2. The van der Waals surface area contributed by atoms with Gasteiger partial charge in [-0.25, -0.2) is 13.5 Å². The highest BCUT2D eigenvalue weighted by Crippen LogP contribution is 2.25. The molecule has 180 valence electrons. The summed E-state index contributed by atoms with van der Waals surface area (Å²) in [6, 6.07) is 13.1. The van der Waals surface area contributed by atoms with Gasteiger partial charge in [-0.05, 0) is 61.6 Å². The Morgan fingerprint density at radius 2 is 1.76 bits per heavy atom. The van der Waals surface area contributed by atoms with Crippen LogP contribution in [0.5, 0.6) is 0 Å². The molecule has 1 fully saturated rings. The lowest BCUT2D eigenvalue weighted by atomic mass is 9.99. The van der Waals surface area contributed by atoms with Crippen LogP contribution < -0.4 is 10.9 Å². The summed E-state index contributed by atoms with van der Waals surface area (Å²) in [5.74, 6) is -0.719. The lowest BCUT2D eigenvalue weighted by molar-refractivity contribution is 0.0791. The molecule has 1 aliphatic heterocycles. The van der Waals surface area contributed by atoms with E-state index in [-0.39, 0.29) is 34.8 Å². The number of nitrogens with one attached hydrogen (secondary N) is 2. The van der Waals surface area contributed by atoms with E-state index in [2.05, 4.69) is 16.0 Å². The highest BCUT2D eigenvalue weighted by atomic mass is 35.5. The first kappa shape index (κ1) is 24.3. The van der Waals surface area contributed by atoms with E-state index in [9.17, 15) is 13.6 Å². The van der Waals surface area contributed by atoms with Gasteiger partial charge in [-0.15, -0.1) is 0 Å². The van der Waals surface area contributed by atoms with Crippen molar-refractivity contribution in [2.45, 2.75) is 44.8 Å². The lowest BCUT2D eigenvalue weighted by Gasteiger charge is -2.18. The fourth-order valence-electron chi connectivity index (χ4n) is 4.26. The van der Waals surface area contributed by atoms with Crippen LogP contribution in [0.25, 0.3) is 0 Å². The summed E-state index contributed by atoms with van der Waals surface area (Å²) in [6.45, 7) is 2.70. The van der Waals surface area contributed by atoms with Crippen LogP contribution in [0.15, 0.2) is 48.5 Å². The number of carbonyl (C=O) groups excluding carboxylic acids is 1. The molecule has 0 spiro atoms. The molecule has 0 bridgehead atoms. The van der Waals surface area contributed by atoms with Gasteiger partial charge in [0.15, 0.2) is 0 Å². The maximum Gasteiger partial charge on any atom is 0.258 e. The molecule has 4 rings (SSSR count). The molecular formula is C25H28ClF2N5O. The molecule has 0 saturated carbocycles. The summed E-state index contributed by atoms with van der Waals surface area (Å²) in [4.78, 5) is 14.7. The highest BCUT2D eigenvalue weighted by molar-refractivity contribution is 6.33. The largest absolute Gasteiger partial charge is 0.342 e. The third-order valence-corrected chi connectivity index (χ3v) is 6.56. The number of hydrogen-bond donors (Lipinski definition) is 2. The Balaban J connectivity index is 1.29. The molecule has 1 aliphatic rings. The molecule has 0 radical (unpaired) electrons. The van der Waals surface area contributed by atoms with Gasteiger partial charge in [0.25, 0.3) is 5.91 Å². The summed E-state index contributed by atoms with van der Waals surface area (Å²) in [5, 5.41) is 4.70. The number of hydrogen-bond acceptors (Lipinski definition) is 4. The molecular weight excluding hydrogens is 460 g/mol. The molecule has 6 nitrogen and oxygen atoms in total. The van der Waals surface area contributed by atoms with Crippen molar-refractivity contribution in [3.63, 3.8) is 0 Å². The van der Waals surface area contributed by atoms with Crippen molar-refractivity contribution in [3.8, 4) is 0 Å². The Hall–Kier alpha value is -2.81.